The first-order valence-corrected chi connectivity index (χ1v) is 5.65. The Morgan fingerprint density at radius 3 is 2.67 bits per heavy atom. The molecule has 0 amide bonds. The van der Waals surface area contributed by atoms with Gasteiger partial charge in [-0.15, -0.1) is 0 Å². The number of benzene rings is 1. The van der Waals surface area contributed by atoms with Gasteiger partial charge in [-0.2, -0.15) is 0 Å². The number of amidine groups is 1. The van der Waals surface area contributed by atoms with Gasteiger partial charge in [-0.1, -0.05) is 37.3 Å². The molecule has 0 aliphatic carbocycles. The molecule has 2 N–H and O–H groups in total. The van der Waals surface area contributed by atoms with E-state index in [1.165, 1.54) is 5.56 Å². The summed E-state index contributed by atoms with van der Waals surface area (Å²) in [5.74, 6) is 0.797. The first-order valence-electron chi connectivity index (χ1n) is 5.65. The highest BCUT2D eigenvalue weighted by molar-refractivity contribution is 5.80. The predicted octanol–water partition coefficient (Wildman–Crippen LogP) is 2.78. The molecule has 1 aromatic carbocycles. The molecule has 0 aliphatic rings. The van der Waals surface area contributed by atoms with Crippen LogP contribution < -0.4 is 5.73 Å². The van der Waals surface area contributed by atoms with Crippen LogP contribution in [-0.4, -0.2) is 12.4 Å². The lowest BCUT2D eigenvalue weighted by Gasteiger charge is -2.00. The average Bonchev–Trinajstić information content (AvgIpc) is 2.26. The number of hydrogen-bond acceptors (Lipinski definition) is 1. The molecule has 0 bridgehead atoms. The van der Waals surface area contributed by atoms with Crippen LogP contribution in [-0.2, 0) is 6.42 Å². The van der Waals surface area contributed by atoms with Crippen LogP contribution in [0.15, 0.2) is 35.3 Å². The maximum Gasteiger partial charge on any atom is 0.0936 e. The topological polar surface area (TPSA) is 38.4 Å². The van der Waals surface area contributed by atoms with E-state index in [4.69, 9.17) is 5.73 Å². The Bertz CT molecular complexity index is 291. The van der Waals surface area contributed by atoms with Crippen LogP contribution in [0.1, 0.15) is 31.7 Å². The largest absolute Gasteiger partial charge is 0.387 e. The summed E-state index contributed by atoms with van der Waals surface area (Å²) in [5.41, 5.74) is 7.09. The lowest BCUT2D eigenvalue weighted by atomic mass is 10.1. The Hall–Kier alpha value is -1.31. The van der Waals surface area contributed by atoms with Crippen molar-refractivity contribution in [3.05, 3.63) is 35.9 Å². The van der Waals surface area contributed by atoms with E-state index in [1.807, 2.05) is 6.07 Å². The molecule has 0 unspecified atom stereocenters. The van der Waals surface area contributed by atoms with E-state index in [0.29, 0.717) is 0 Å². The summed E-state index contributed by atoms with van der Waals surface area (Å²) in [7, 11) is 0. The molecule has 0 atom stereocenters. The summed E-state index contributed by atoms with van der Waals surface area (Å²) in [5, 5.41) is 0. The molecule has 82 valence electrons. The molecule has 0 fully saturated rings. The molecule has 15 heavy (non-hydrogen) atoms. The van der Waals surface area contributed by atoms with Crippen molar-refractivity contribution in [1.82, 2.24) is 0 Å². The highest BCUT2D eigenvalue weighted by Crippen LogP contribution is 2.02. The Balaban J connectivity index is 2.20. The number of nitrogens with zero attached hydrogens (tertiary/aromatic N) is 1. The predicted molar refractivity (Wildman–Crippen MR) is 66.2 cm³/mol. The molecule has 1 aromatic rings. The van der Waals surface area contributed by atoms with Crippen LogP contribution in [0, 0.1) is 0 Å². The van der Waals surface area contributed by atoms with Gasteiger partial charge in [-0.3, -0.25) is 4.99 Å². The van der Waals surface area contributed by atoms with Crippen molar-refractivity contribution in [1.29, 1.82) is 0 Å². The number of aryl methyl sites for hydroxylation is 1. The van der Waals surface area contributed by atoms with Gasteiger partial charge in [0.05, 0.1) is 5.84 Å². The van der Waals surface area contributed by atoms with Gasteiger partial charge >= 0.3 is 0 Å². The molecule has 0 saturated carbocycles. The van der Waals surface area contributed by atoms with E-state index in [9.17, 15) is 0 Å². The Morgan fingerprint density at radius 2 is 2.00 bits per heavy atom. The third-order valence-electron chi connectivity index (χ3n) is 2.29. The van der Waals surface area contributed by atoms with E-state index in [1.54, 1.807) is 0 Å². The molecular formula is C13H20N2. The smallest absolute Gasteiger partial charge is 0.0936 e. The monoisotopic (exact) mass is 204 g/mol. The zero-order chi connectivity index (χ0) is 10.9. The van der Waals surface area contributed by atoms with Gasteiger partial charge in [0.15, 0.2) is 0 Å². The number of hydrogen-bond donors (Lipinski definition) is 1. The average molecular weight is 204 g/mol. The van der Waals surface area contributed by atoms with Crippen molar-refractivity contribution in [2.45, 2.75) is 32.6 Å². The summed E-state index contributed by atoms with van der Waals surface area (Å²) in [6.45, 7) is 2.97. The minimum absolute atomic E-state index is 0.797. The first-order chi connectivity index (χ1) is 7.33. The van der Waals surface area contributed by atoms with Crippen LogP contribution in [0.4, 0.5) is 0 Å². The summed E-state index contributed by atoms with van der Waals surface area (Å²) in [6.07, 6.45) is 4.16. The van der Waals surface area contributed by atoms with Gasteiger partial charge in [0, 0.05) is 13.0 Å². The van der Waals surface area contributed by atoms with Gasteiger partial charge in [-0.25, -0.2) is 0 Å². The molecule has 0 saturated heterocycles. The standard InChI is InChI=1S/C13H20N2/c1-2-7-13(14)15-11-6-10-12-8-4-3-5-9-12/h3-5,8-9H,2,6-7,10-11H2,1H3,(H2,14,15). The molecule has 1 rings (SSSR count). The van der Waals surface area contributed by atoms with Gasteiger partial charge in [0.2, 0.25) is 0 Å². The molecule has 0 aromatic heterocycles. The summed E-state index contributed by atoms with van der Waals surface area (Å²) >= 11 is 0. The normalized spacial score (nSPS) is 11.7. The minimum Gasteiger partial charge on any atom is -0.387 e. The number of aliphatic imine (C=N–C) groups is 1. The molecule has 2 nitrogen and oxygen atoms in total. The van der Waals surface area contributed by atoms with Crippen LogP contribution in [0.2, 0.25) is 0 Å². The molecule has 2 heteroatoms. The van der Waals surface area contributed by atoms with E-state index < -0.39 is 0 Å². The molecular weight excluding hydrogens is 184 g/mol. The maximum atomic E-state index is 5.71. The minimum atomic E-state index is 0.797. The van der Waals surface area contributed by atoms with Gasteiger partial charge in [0.25, 0.3) is 0 Å². The number of rotatable bonds is 6. The second-order valence-corrected chi connectivity index (χ2v) is 3.71. The Labute approximate surface area is 92.2 Å². The summed E-state index contributed by atoms with van der Waals surface area (Å²) in [6, 6.07) is 10.5. The molecule has 0 spiro atoms. The third-order valence-corrected chi connectivity index (χ3v) is 2.29. The van der Waals surface area contributed by atoms with E-state index in [2.05, 4.69) is 36.2 Å². The van der Waals surface area contributed by atoms with Crippen LogP contribution in [0.5, 0.6) is 0 Å². The Kier molecular flexibility index (Phi) is 5.52. The summed E-state index contributed by atoms with van der Waals surface area (Å²) < 4.78 is 0. The van der Waals surface area contributed by atoms with E-state index >= 15 is 0 Å². The van der Waals surface area contributed by atoms with Crippen molar-refractivity contribution in [2.24, 2.45) is 10.7 Å². The first kappa shape index (κ1) is 11.8. The maximum absolute atomic E-state index is 5.71. The van der Waals surface area contributed by atoms with Gasteiger partial charge in [-0.05, 0) is 24.8 Å². The van der Waals surface area contributed by atoms with Crippen LogP contribution in [0.3, 0.4) is 0 Å². The Morgan fingerprint density at radius 1 is 1.27 bits per heavy atom. The lowest BCUT2D eigenvalue weighted by Crippen LogP contribution is -2.11. The van der Waals surface area contributed by atoms with E-state index in [0.717, 1.165) is 38.1 Å². The molecule has 0 aliphatic heterocycles. The highest BCUT2D eigenvalue weighted by atomic mass is 14.8. The van der Waals surface area contributed by atoms with Gasteiger partial charge < -0.3 is 5.73 Å². The third kappa shape index (κ3) is 5.21. The lowest BCUT2D eigenvalue weighted by molar-refractivity contribution is 0.825. The van der Waals surface area contributed by atoms with Crippen LogP contribution >= 0.6 is 0 Å². The fourth-order valence-corrected chi connectivity index (χ4v) is 1.49. The van der Waals surface area contributed by atoms with Gasteiger partial charge in [0.1, 0.15) is 0 Å². The van der Waals surface area contributed by atoms with Crippen LogP contribution in [0.25, 0.3) is 0 Å². The van der Waals surface area contributed by atoms with Crippen molar-refractivity contribution in [2.75, 3.05) is 6.54 Å². The second kappa shape index (κ2) is 7.04. The van der Waals surface area contributed by atoms with Crippen molar-refractivity contribution in [3.8, 4) is 0 Å². The zero-order valence-corrected chi connectivity index (χ0v) is 9.45. The van der Waals surface area contributed by atoms with Crippen molar-refractivity contribution in [3.63, 3.8) is 0 Å². The molecule has 0 radical (unpaired) electrons. The van der Waals surface area contributed by atoms with E-state index in [-0.39, 0.29) is 0 Å². The van der Waals surface area contributed by atoms with Crippen molar-refractivity contribution >= 4 is 5.84 Å². The summed E-state index contributed by atoms with van der Waals surface area (Å²) in [4.78, 5) is 4.32. The quantitative estimate of drug-likeness (QED) is 0.432. The second-order valence-electron chi connectivity index (χ2n) is 3.71. The fourth-order valence-electron chi connectivity index (χ4n) is 1.49. The zero-order valence-electron chi connectivity index (χ0n) is 9.45. The van der Waals surface area contributed by atoms with Crippen molar-refractivity contribution < 1.29 is 0 Å². The molecule has 0 heterocycles. The fraction of sp³-hybridized carbons (Fsp3) is 0.462. The SMILES string of the molecule is CCCC(N)=NCCCc1ccccc1. The highest BCUT2D eigenvalue weighted by Gasteiger charge is 1.92. The number of nitrogens with two attached hydrogens (primary N) is 1.